The van der Waals surface area contributed by atoms with E-state index in [1.165, 1.54) is 0 Å². The highest BCUT2D eigenvalue weighted by atomic mass is 16.5. The van der Waals surface area contributed by atoms with Crippen molar-refractivity contribution in [1.29, 1.82) is 0 Å². The first-order valence-electron chi connectivity index (χ1n) is 9.72. The summed E-state index contributed by atoms with van der Waals surface area (Å²) in [5, 5.41) is 2.93. The van der Waals surface area contributed by atoms with Crippen molar-refractivity contribution < 1.29 is 19.0 Å². The van der Waals surface area contributed by atoms with Crippen molar-refractivity contribution in [2.45, 2.75) is 18.9 Å². The maximum absolute atomic E-state index is 12.6. The number of aromatic nitrogens is 1. The van der Waals surface area contributed by atoms with Crippen molar-refractivity contribution in [2.75, 3.05) is 49.7 Å². The number of ether oxygens (including phenoxy) is 3. The number of hydrogen-bond acceptors (Lipinski definition) is 6. The van der Waals surface area contributed by atoms with Crippen LogP contribution < -0.4 is 15.0 Å². The largest absolute Gasteiger partial charge is 0.474 e. The molecule has 2 fully saturated rings. The average Bonchev–Trinajstić information content (AvgIpc) is 2.76. The summed E-state index contributed by atoms with van der Waals surface area (Å²) in [6, 6.07) is 11.3. The lowest BCUT2D eigenvalue weighted by molar-refractivity contribution is 0.0237. The maximum atomic E-state index is 12.6. The SMILES string of the molecule is O=C(Nc1ccc(N2CCOCC2)cc1)c1ccnc(OC2CCOCC2)c1. The van der Waals surface area contributed by atoms with Crippen molar-refractivity contribution in [3.8, 4) is 5.88 Å². The van der Waals surface area contributed by atoms with Gasteiger partial charge in [-0.1, -0.05) is 0 Å². The molecule has 7 nitrogen and oxygen atoms in total. The fraction of sp³-hybridized carbons (Fsp3) is 0.429. The molecule has 2 saturated heterocycles. The highest BCUT2D eigenvalue weighted by Gasteiger charge is 2.17. The maximum Gasteiger partial charge on any atom is 0.255 e. The molecule has 0 spiro atoms. The van der Waals surface area contributed by atoms with E-state index in [9.17, 15) is 4.79 Å². The molecule has 7 heteroatoms. The zero-order valence-electron chi connectivity index (χ0n) is 15.8. The molecule has 28 heavy (non-hydrogen) atoms. The van der Waals surface area contributed by atoms with E-state index in [2.05, 4.69) is 15.2 Å². The van der Waals surface area contributed by atoms with E-state index in [1.807, 2.05) is 24.3 Å². The van der Waals surface area contributed by atoms with Crippen LogP contribution in [0.5, 0.6) is 5.88 Å². The molecule has 2 aliphatic rings. The predicted octanol–water partition coefficient (Wildman–Crippen LogP) is 2.73. The van der Waals surface area contributed by atoms with Gasteiger partial charge in [-0.05, 0) is 30.3 Å². The lowest BCUT2D eigenvalue weighted by atomic mass is 10.1. The van der Waals surface area contributed by atoms with Crippen molar-refractivity contribution in [3.63, 3.8) is 0 Å². The van der Waals surface area contributed by atoms with Gasteiger partial charge in [0.2, 0.25) is 5.88 Å². The molecular weight excluding hydrogens is 358 g/mol. The van der Waals surface area contributed by atoms with Gasteiger partial charge in [0.15, 0.2) is 0 Å². The fourth-order valence-corrected chi connectivity index (χ4v) is 3.36. The molecular formula is C21H25N3O4. The molecule has 2 aromatic rings. The molecule has 0 radical (unpaired) electrons. The van der Waals surface area contributed by atoms with Gasteiger partial charge in [0, 0.05) is 55.1 Å². The second-order valence-electron chi connectivity index (χ2n) is 6.91. The zero-order chi connectivity index (χ0) is 19.2. The Morgan fingerprint density at radius 1 is 1.04 bits per heavy atom. The lowest BCUT2D eigenvalue weighted by Gasteiger charge is -2.28. The molecule has 0 unspecified atom stereocenters. The van der Waals surface area contributed by atoms with Gasteiger partial charge in [-0.2, -0.15) is 0 Å². The van der Waals surface area contributed by atoms with Crippen LogP contribution in [-0.4, -0.2) is 56.5 Å². The number of anilines is 2. The number of nitrogens with one attached hydrogen (secondary N) is 1. The molecule has 0 bridgehead atoms. The van der Waals surface area contributed by atoms with Crippen molar-refractivity contribution in [1.82, 2.24) is 4.98 Å². The monoisotopic (exact) mass is 383 g/mol. The highest BCUT2D eigenvalue weighted by Crippen LogP contribution is 2.21. The van der Waals surface area contributed by atoms with Crippen LogP contribution in [0.15, 0.2) is 42.6 Å². The Kier molecular flexibility index (Phi) is 6.04. The van der Waals surface area contributed by atoms with E-state index in [0.29, 0.717) is 24.7 Å². The molecule has 1 aromatic heterocycles. The minimum atomic E-state index is -0.182. The number of benzene rings is 1. The first-order chi connectivity index (χ1) is 13.8. The van der Waals surface area contributed by atoms with Crippen LogP contribution in [0.1, 0.15) is 23.2 Å². The minimum absolute atomic E-state index is 0.0901. The van der Waals surface area contributed by atoms with E-state index in [1.54, 1.807) is 18.3 Å². The minimum Gasteiger partial charge on any atom is -0.474 e. The average molecular weight is 383 g/mol. The van der Waals surface area contributed by atoms with Crippen LogP contribution in [0.2, 0.25) is 0 Å². The molecule has 2 aliphatic heterocycles. The van der Waals surface area contributed by atoms with Crippen LogP contribution >= 0.6 is 0 Å². The number of morpholine rings is 1. The van der Waals surface area contributed by atoms with Gasteiger partial charge in [-0.15, -0.1) is 0 Å². The van der Waals surface area contributed by atoms with Crippen molar-refractivity contribution in [3.05, 3.63) is 48.2 Å². The molecule has 4 rings (SSSR count). The van der Waals surface area contributed by atoms with E-state index >= 15 is 0 Å². The number of carbonyl (C=O) groups is 1. The summed E-state index contributed by atoms with van der Waals surface area (Å²) < 4.78 is 16.6. The summed E-state index contributed by atoms with van der Waals surface area (Å²) in [7, 11) is 0. The van der Waals surface area contributed by atoms with Crippen LogP contribution in [0.4, 0.5) is 11.4 Å². The third kappa shape index (κ3) is 4.79. The Morgan fingerprint density at radius 3 is 2.50 bits per heavy atom. The van der Waals surface area contributed by atoms with Crippen LogP contribution in [0.3, 0.4) is 0 Å². The second-order valence-corrected chi connectivity index (χ2v) is 6.91. The van der Waals surface area contributed by atoms with Gasteiger partial charge in [-0.25, -0.2) is 4.98 Å². The molecule has 3 heterocycles. The first-order valence-corrected chi connectivity index (χ1v) is 9.72. The molecule has 1 N–H and O–H groups in total. The summed E-state index contributed by atoms with van der Waals surface area (Å²) in [6.07, 6.45) is 3.37. The van der Waals surface area contributed by atoms with Gasteiger partial charge >= 0.3 is 0 Å². The third-order valence-corrected chi connectivity index (χ3v) is 4.95. The van der Waals surface area contributed by atoms with Gasteiger partial charge in [0.1, 0.15) is 6.10 Å². The summed E-state index contributed by atoms with van der Waals surface area (Å²) >= 11 is 0. The number of pyridine rings is 1. The molecule has 0 atom stereocenters. The number of nitrogens with zero attached hydrogens (tertiary/aromatic N) is 2. The van der Waals surface area contributed by atoms with Gasteiger partial charge < -0.3 is 24.4 Å². The molecule has 1 amide bonds. The van der Waals surface area contributed by atoms with Crippen LogP contribution in [0, 0.1) is 0 Å². The van der Waals surface area contributed by atoms with Crippen LogP contribution in [-0.2, 0) is 9.47 Å². The molecule has 0 saturated carbocycles. The number of amides is 1. The smallest absolute Gasteiger partial charge is 0.255 e. The number of carbonyl (C=O) groups excluding carboxylic acids is 1. The summed E-state index contributed by atoms with van der Waals surface area (Å²) in [5.41, 5.74) is 2.41. The Bertz CT molecular complexity index is 784. The third-order valence-electron chi connectivity index (χ3n) is 4.95. The summed E-state index contributed by atoms with van der Waals surface area (Å²) in [6.45, 7) is 4.67. The molecule has 0 aliphatic carbocycles. The number of hydrogen-bond donors (Lipinski definition) is 1. The zero-order valence-corrected chi connectivity index (χ0v) is 15.8. The van der Waals surface area contributed by atoms with E-state index in [-0.39, 0.29) is 12.0 Å². The topological polar surface area (TPSA) is 72.9 Å². The van der Waals surface area contributed by atoms with E-state index < -0.39 is 0 Å². The fourth-order valence-electron chi connectivity index (χ4n) is 3.36. The number of rotatable bonds is 5. The van der Waals surface area contributed by atoms with Gasteiger partial charge in [-0.3, -0.25) is 4.79 Å². The van der Waals surface area contributed by atoms with E-state index in [4.69, 9.17) is 14.2 Å². The Morgan fingerprint density at radius 2 is 1.75 bits per heavy atom. The standard InChI is InChI=1S/C21H25N3O4/c25-21(16-5-8-22-20(15-16)28-19-6-11-26-12-7-19)23-17-1-3-18(4-2-17)24-9-13-27-14-10-24/h1-5,8,15,19H,6-7,9-14H2,(H,23,25). The van der Waals surface area contributed by atoms with E-state index in [0.717, 1.165) is 50.5 Å². The normalized spacial score (nSPS) is 17.9. The van der Waals surface area contributed by atoms with Crippen molar-refractivity contribution in [2.24, 2.45) is 0 Å². The highest BCUT2D eigenvalue weighted by molar-refractivity contribution is 6.04. The Labute approximate surface area is 164 Å². The summed E-state index contributed by atoms with van der Waals surface area (Å²) in [4.78, 5) is 19.1. The van der Waals surface area contributed by atoms with Crippen molar-refractivity contribution >= 4 is 17.3 Å². The Balaban J connectivity index is 1.37. The lowest BCUT2D eigenvalue weighted by Crippen LogP contribution is -2.36. The Hall–Kier alpha value is -2.64. The molecule has 148 valence electrons. The van der Waals surface area contributed by atoms with Crippen LogP contribution in [0.25, 0.3) is 0 Å². The summed E-state index contributed by atoms with van der Waals surface area (Å²) in [5.74, 6) is 0.292. The second kappa shape index (κ2) is 9.03. The van der Waals surface area contributed by atoms with Gasteiger partial charge in [0.05, 0.1) is 26.4 Å². The molecule has 1 aromatic carbocycles. The predicted molar refractivity (Wildman–Crippen MR) is 106 cm³/mol. The first kappa shape index (κ1) is 18.7. The quantitative estimate of drug-likeness (QED) is 0.856. The van der Waals surface area contributed by atoms with Gasteiger partial charge in [0.25, 0.3) is 5.91 Å².